The summed E-state index contributed by atoms with van der Waals surface area (Å²) in [5.74, 6) is 9.57. The quantitative estimate of drug-likeness (QED) is 0.664. The van der Waals surface area contributed by atoms with Crippen LogP contribution in [0.15, 0.2) is 24.3 Å². The minimum atomic E-state index is -0.0209. The van der Waals surface area contributed by atoms with Gasteiger partial charge in [0.25, 0.3) is 0 Å². The molecule has 2 aliphatic rings. The van der Waals surface area contributed by atoms with Crippen molar-refractivity contribution in [2.24, 2.45) is 23.6 Å². The number of benzene rings is 1. The summed E-state index contributed by atoms with van der Waals surface area (Å²) < 4.78 is 12.0. The molecule has 0 spiro atoms. The van der Waals surface area contributed by atoms with Crippen LogP contribution in [0.3, 0.4) is 0 Å². The number of hydrogen-bond donors (Lipinski definition) is 2. The van der Waals surface area contributed by atoms with Crippen LogP contribution in [0.25, 0.3) is 0 Å². The zero-order valence-electron chi connectivity index (χ0n) is 12.9. The van der Waals surface area contributed by atoms with E-state index in [4.69, 9.17) is 15.3 Å². The fraction of sp³-hybridized carbons (Fsp3) is 0.647. The minimum absolute atomic E-state index is 0.0209. The Morgan fingerprint density at radius 3 is 2.43 bits per heavy atom. The molecule has 0 amide bonds. The van der Waals surface area contributed by atoms with E-state index in [1.165, 1.54) is 19.3 Å². The molecule has 116 valence electrons. The molecule has 21 heavy (non-hydrogen) atoms. The van der Waals surface area contributed by atoms with E-state index in [0.29, 0.717) is 12.5 Å². The predicted molar refractivity (Wildman–Crippen MR) is 83.1 cm³/mol. The van der Waals surface area contributed by atoms with Gasteiger partial charge >= 0.3 is 0 Å². The average molecular weight is 290 g/mol. The van der Waals surface area contributed by atoms with Gasteiger partial charge in [-0.1, -0.05) is 26.0 Å². The first-order valence-electron chi connectivity index (χ1n) is 8.02. The van der Waals surface area contributed by atoms with Gasteiger partial charge in [-0.15, -0.1) is 0 Å². The lowest BCUT2D eigenvalue weighted by Crippen LogP contribution is -2.55. The number of para-hydroxylation sites is 2. The monoisotopic (exact) mass is 290 g/mol. The van der Waals surface area contributed by atoms with Crippen molar-refractivity contribution in [3.8, 4) is 11.5 Å². The van der Waals surface area contributed by atoms with Gasteiger partial charge in [-0.05, 0) is 49.1 Å². The van der Waals surface area contributed by atoms with Gasteiger partial charge in [-0.2, -0.15) is 0 Å². The summed E-state index contributed by atoms with van der Waals surface area (Å²) in [4.78, 5) is 0. The fourth-order valence-corrected chi connectivity index (χ4v) is 4.06. The van der Waals surface area contributed by atoms with E-state index in [1.807, 2.05) is 24.3 Å². The summed E-state index contributed by atoms with van der Waals surface area (Å²) in [7, 11) is 0. The number of rotatable bonds is 3. The fourth-order valence-electron chi connectivity index (χ4n) is 4.06. The van der Waals surface area contributed by atoms with Crippen LogP contribution in [0.1, 0.15) is 33.1 Å². The van der Waals surface area contributed by atoms with E-state index >= 15 is 0 Å². The second-order valence-electron chi connectivity index (χ2n) is 6.78. The Morgan fingerprint density at radius 1 is 1.10 bits per heavy atom. The standard InChI is InChI=1S/C17H26N2O2/c1-11-7-12(2)9-13(8-11)17(19-18)16-10-20-14-5-3-4-6-15(14)21-16/h3-6,11-13,16-17,19H,7-10,18H2,1-2H3. The Morgan fingerprint density at radius 2 is 1.76 bits per heavy atom. The number of nitrogens with one attached hydrogen (secondary N) is 1. The molecule has 1 aromatic rings. The summed E-state index contributed by atoms with van der Waals surface area (Å²) in [6.07, 6.45) is 3.72. The van der Waals surface area contributed by atoms with Gasteiger partial charge < -0.3 is 9.47 Å². The first-order valence-corrected chi connectivity index (χ1v) is 8.02. The Labute approximate surface area is 127 Å². The van der Waals surface area contributed by atoms with Crippen LogP contribution < -0.4 is 20.7 Å². The largest absolute Gasteiger partial charge is 0.486 e. The van der Waals surface area contributed by atoms with E-state index in [9.17, 15) is 0 Å². The maximum Gasteiger partial charge on any atom is 0.161 e. The van der Waals surface area contributed by atoms with E-state index in [1.54, 1.807) is 0 Å². The second-order valence-corrected chi connectivity index (χ2v) is 6.78. The van der Waals surface area contributed by atoms with Gasteiger partial charge in [0.15, 0.2) is 11.5 Å². The van der Waals surface area contributed by atoms with Crippen molar-refractivity contribution < 1.29 is 9.47 Å². The molecule has 3 rings (SSSR count). The van der Waals surface area contributed by atoms with E-state index in [2.05, 4.69) is 19.3 Å². The van der Waals surface area contributed by atoms with E-state index in [-0.39, 0.29) is 12.1 Å². The first-order chi connectivity index (χ1) is 10.2. The van der Waals surface area contributed by atoms with Crippen LogP contribution in [0, 0.1) is 17.8 Å². The van der Waals surface area contributed by atoms with Crippen LogP contribution in [0.2, 0.25) is 0 Å². The molecule has 3 N–H and O–H groups in total. The molecule has 1 saturated carbocycles. The summed E-state index contributed by atoms with van der Waals surface area (Å²) in [5, 5.41) is 0. The number of hydrazine groups is 1. The van der Waals surface area contributed by atoms with Crippen LogP contribution in [0.5, 0.6) is 11.5 Å². The highest BCUT2D eigenvalue weighted by molar-refractivity contribution is 5.40. The molecule has 4 unspecified atom stereocenters. The summed E-state index contributed by atoms with van der Waals surface area (Å²) in [5.41, 5.74) is 3.01. The zero-order chi connectivity index (χ0) is 14.8. The minimum Gasteiger partial charge on any atom is -0.486 e. The van der Waals surface area contributed by atoms with Crippen molar-refractivity contribution in [1.29, 1.82) is 0 Å². The van der Waals surface area contributed by atoms with E-state index < -0.39 is 0 Å². The summed E-state index contributed by atoms with van der Waals surface area (Å²) in [6.45, 7) is 5.23. The van der Waals surface area contributed by atoms with Gasteiger partial charge in [0.05, 0.1) is 6.04 Å². The second kappa shape index (κ2) is 6.24. The molecule has 4 atom stereocenters. The molecule has 0 radical (unpaired) electrons. The van der Waals surface area contributed by atoms with Crippen LogP contribution in [0.4, 0.5) is 0 Å². The normalized spacial score (nSPS) is 33.5. The van der Waals surface area contributed by atoms with Gasteiger partial charge in [0, 0.05) is 0 Å². The van der Waals surface area contributed by atoms with Crippen molar-refractivity contribution in [3.63, 3.8) is 0 Å². The van der Waals surface area contributed by atoms with Crippen LogP contribution >= 0.6 is 0 Å². The van der Waals surface area contributed by atoms with Crippen LogP contribution in [-0.4, -0.2) is 18.8 Å². The van der Waals surface area contributed by atoms with Gasteiger partial charge in [0.2, 0.25) is 0 Å². The topological polar surface area (TPSA) is 56.5 Å². The molecule has 1 aliphatic carbocycles. The molecule has 4 nitrogen and oxygen atoms in total. The third-order valence-corrected chi connectivity index (χ3v) is 4.85. The molecular weight excluding hydrogens is 264 g/mol. The maximum atomic E-state index is 6.14. The SMILES string of the molecule is CC1CC(C)CC(C(NN)C2COc3ccccc3O2)C1. The molecule has 0 aromatic heterocycles. The third-order valence-electron chi connectivity index (χ3n) is 4.85. The van der Waals surface area contributed by atoms with Gasteiger partial charge in [-0.3, -0.25) is 11.3 Å². The Bertz CT molecular complexity index is 470. The molecule has 0 saturated heterocycles. The molecule has 4 heteroatoms. The first kappa shape index (κ1) is 14.7. The highest BCUT2D eigenvalue weighted by Crippen LogP contribution is 2.38. The average Bonchev–Trinajstić information content (AvgIpc) is 2.47. The number of fused-ring (bicyclic) bond motifs is 1. The zero-order valence-corrected chi connectivity index (χ0v) is 12.9. The molecule has 1 aliphatic heterocycles. The highest BCUT2D eigenvalue weighted by Gasteiger charge is 2.37. The smallest absolute Gasteiger partial charge is 0.161 e. The molecule has 1 fully saturated rings. The summed E-state index contributed by atoms with van der Waals surface area (Å²) >= 11 is 0. The van der Waals surface area contributed by atoms with E-state index in [0.717, 1.165) is 23.3 Å². The van der Waals surface area contributed by atoms with Crippen molar-refractivity contribution in [1.82, 2.24) is 5.43 Å². The molecule has 0 bridgehead atoms. The molecular formula is C17H26N2O2. The van der Waals surface area contributed by atoms with Crippen LogP contribution in [-0.2, 0) is 0 Å². The van der Waals surface area contributed by atoms with Gasteiger partial charge in [0.1, 0.15) is 12.7 Å². The Hall–Kier alpha value is -1.26. The molecule has 1 aromatic carbocycles. The maximum absolute atomic E-state index is 6.14. The number of hydrogen-bond acceptors (Lipinski definition) is 4. The van der Waals surface area contributed by atoms with Crippen molar-refractivity contribution in [2.75, 3.05) is 6.61 Å². The van der Waals surface area contributed by atoms with Gasteiger partial charge in [-0.25, -0.2) is 0 Å². The lowest BCUT2D eigenvalue weighted by atomic mass is 9.73. The van der Waals surface area contributed by atoms with Crippen molar-refractivity contribution in [2.45, 2.75) is 45.3 Å². The number of ether oxygens (including phenoxy) is 2. The predicted octanol–water partition coefficient (Wildman–Crippen LogP) is 2.73. The lowest BCUT2D eigenvalue weighted by molar-refractivity contribution is 0.0267. The summed E-state index contributed by atoms with van der Waals surface area (Å²) in [6, 6.07) is 7.98. The lowest BCUT2D eigenvalue weighted by Gasteiger charge is -2.40. The van der Waals surface area contributed by atoms with Crippen molar-refractivity contribution in [3.05, 3.63) is 24.3 Å². The Kier molecular flexibility index (Phi) is 4.36. The highest BCUT2D eigenvalue weighted by atomic mass is 16.6. The third kappa shape index (κ3) is 3.16. The van der Waals surface area contributed by atoms with Crippen molar-refractivity contribution >= 4 is 0 Å². The Balaban J connectivity index is 1.72. The number of nitrogens with two attached hydrogens (primary N) is 1. The molecule has 1 heterocycles.